The molecule has 0 spiro atoms. The largest absolute Gasteiger partial charge is 0.362 e. The van der Waals surface area contributed by atoms with Gasteiger partial charge in [0.15, 0.2) is 5.13 Å². The molecular weight excluding hydrogens is 268 g/mol. The van der Waals surface area contributed by atoms with Gasteiger partial charge in [-0.25, -0.2) is 4.98 Å². The molecule has 1 saturated heterocycles. The molecule has 0 aliphatic carbocycles. The van der Waals surface area contributed by atoms with Crippen LogP contribution in [0.1, 0.15) is 12.5 Å². The molecule has 1 aliphatic rings. The van der Waals surface area contributed by atoms with E-state index in [9.17, 15) is 0 Å². The summed E-state index contributed by atoms with van der Waals surface area (Å²) in [6.07, 6.45) is 0. The Morgan fingerprint density at radius 2 is 2.05 bits per heavy atom. The number of hydrogen-bond donors (Lipinski definition) is 1. The van der Waals surface area contributed by atoms with Gasteiger partial charge in [-0.15, -0.1) is 0 Å². The van der Waals surface area contributed by atoms with E-state index in [1.165, 1.54) is 36.4 Å². The number of piperazine rings is 1. The van der Waals surface area contributed by atoms with Crippen molar-refractivity contribution in [2.75, 3.05) is 45.1 Å². The molecule has 20 heavy (non-hydrogen) atoms. The number of hydrogen-bond acceptors (Lipinski definition) is 5. The Hall–Kier alpha value is -1.17. The van der Waals surface area contributed by atoms with Gasteiger partial charge in [0.1, 0.15) is 0 Å². The van der Waals surface area contributed by atoms with Crippen LogP contribution in [0.15, 0.2) is 18.2 Å². The number of benzene rings is 1. The Bertz CT molecular complexity index is 572. The molecule has 2 aromatic rings. The van der Waals surface area contributed by atoms with Crippen LogP contribution in [0.25, 0.3) is 10.2 Å². The normalized spacial score (nSPS) is 17.7. The van der Waals surface area contributed by atoms with Crippen LogP contribution in [-0.2, 0) is 6.54 Å². The Kier molecular flexibility index (Phi) is 4.19. The van der Waals surface area contributed by atoms with E-state index in [0.717, 1.165) is 23.7 Å². The van der Waals surface area contributed by atoms with Gasteiger partial charge >= 0.3 is 0 Å². The van der Waals surface area contributed by atoms with E-state index in [1.807, 2.05) is 0 Å². The van der Waals surface area contributed by atoms with Crippen molar-refractivity contribution in [1.29, 1.82) is 0 Å². The van der Waals surface area contributed by atoms with Crippen LogP contribution >= 0.6 is 11.3 Å². The van der Waals surface area contributed by atoms with Gasteiger partial charge in [0, 0.05) is 39.3 Å². The van der Waals surface area contributed by atoms with Crippen molar-refractivity contribution in [3.05, 3.63) is 23.8 Å². The van der Waals surface area contributed by atoms with Crippen LogP contribution in [0, 0.1) is 0 Å². The minimum Gasteiger partial charge on any atom is -0.362 e. The predicted octanol–water partition coefficient (Wildman–Crippen LogP) is 2.48. The van der Waals surface area contributed by atoms with Crippen LogP contribution in [0.3, 0.4) is 0 Å². The highest BCUT2D eigenvalue weighted by atomic mass is 32.1. The van der Waals surface area contributed by atoms with Gasteiger partial charge in [-0.1, -0.05) is 17.4 Å². The van der Waals surface area contributed by atoms with Gasteiger partial charge < -0.3 is 10.2 Å². The van der Waals surface area contributed by atoms with Gasteiger partial charge in [-0.05, 0) is 31.7 Å². The van der Waals surface area contributed by atoms with Crippen LogP contribution in [-0.4, -0.2) is 54.6 Å². The molecule has 3 rings (SSSR count). The molecule has 2 heterocycles. The predicted molar refractivity (Wildman–Crippen MR) is 86.6 cm³/mol. The number of thiazole rings is 1. The molecule has 1 N–H and O–H groups in total. The average Bonchev–Trinajstić information content (AvgIpc) is 2.83. The van der Waals surface area contributed by atoms with Crippen LogP contribution in [0.2, 0.25) is 0 Å². The molecule has 4 nitrogen and oxygen atoms in total. The first-order valence-electron chi connectivity index (χ1n) is 7.29. The fourth-order valence-electron chi connectivity index (χ4n) is 2.56. The fourth-order valence-corrected chi connectivity index (χ4v) is 3.56. The second kappa shape index (κ2) is 6.08. The van der Waals surface area contributed by atoms with Crippen molar-refractivity contribution < 1.29 is 0 Å². The Balaban J connectivity index is 1.72. The Morgan fingerprint density at radius 1 is 1.25 bits per heavy atom. The third-order valence-corrected chi connectivity index (χ3v) is 4.76. The summed E-state index contributed by atoms with van der Waals surface area (Å²) in [5.41, 5.74) is 2.50. The molecular formula is C15H22N4S. The first-order valence-corrected chi connectivity index (χ1v) is 8.10. The van der Waals surface area contributed by atoms with Crippen LogP contribution < -0.4 is 5.32 Å². The van der Waals surface area contributed by atoms with Crippen molar-refractivity contribution in [2.45, 2.75) is 13.5 Å². The van der Waals surface area contributed by atoms with E-state index in [0.29, 0.717) is 0 Å². The van der Waals surface area contributed by atoms with Crippen molar-refractivity contribution in [3.8, 4) is 0 Å². The van der Waals surface area contributed by atoms with Gasteiger partial charge in [0.05, 0.1) is 10.2 Å². The lowest BCUT2D eigenvalue weighted by Gasteiger charge is -2.32. The summed E-state index contributed by atoms with van der Waals surface area (Å²) in [5.74, 6) is 0. The molecule has 108 valence electrons. The van der Waals surface area contributed by atoms with Crippen molar-refractivity contribution in [1.82, 2.24) is 14.8 Å². The lowest BCUT2D eigenvalue weighted by atomic mass is 10.2. The van der Waals surface area contributed by atoms with E-state index < -0.39 is 0 Å². The zero-order valence-electron chi connectivity index (χ0n) is 12.2. The number of nitrogens with zero attached hydrogens (tertiary/aromatic N) is 3. The van der Waals surface area contributed by atoms with Crippen LogP contribution in [0.4, 0.5) is 5.13 Å². The molecule has 0 unspecified atom stereocenters. The molecule has 0 radical (unpaired) electrons. The quantitative estimate of drug-likeness (QED) is 0.937. The number of rotatable bonds is 4. The third-order valence-electron chi connectivity index (χ3n) is 3.78. The number of fused-ring (bicyclic) bond motifs is 1. The summed E-state index contributed by atoms with van der Waals surface area (Å²) in [6, 6.07) is 6.67. The van der Waals surface area contributed by atoms with Crippen LogP contribution in [0.5, 0.6) is 0 Å². The SMILES string of the molecule is CCNc1nc2ccc(CN3CCN(C)CC3)cc2s1. The molecule has 0 atom stereocenters. The molecule has 0 amide bonds. The number of anilines is 1. The molecule has 1 fully saturated rings. The second-order valence-electron chi connectivity index (χ2n) is 5.43. The monoisotopic (exact) mass is 290 g/mol. The summed E-state index contributed by atoms with van der Waals surface area (Å²) in [4.78, 5) is 9.52. The van der Waals surface area contributed by atoms with E-state index in [4.69, 9.17) is 0 Å². The highest BCUT2D eigenvalue weighted by Crippen LogP contribution is 2.27. The smallest absolute Gasteiger partial charge is 0.183 e. The van der Waals surface area contributed by atoms with Crippen molar-refractivity contribution in [2.24, 2.45) is 0 Å². The number of nitrogens with one attached hydrogen (secondary N) is 1. The second-order valence-corrected chi connectivity index (χ2v) is 6.46. The summed E-state index contributed by atoms with van der Waals surface area (Å²) >= 11 is 1.75. The van der Waals surface area contributed by atoms with E-state index in [1.54, 1.807) is 11.3 Å². The molecule has 1 aromatic heterocycles. The summed E-state index contributed by atoms with van der Waals surface area (Å²) in [5, 5.41) is 4.32. The molecule has 1 aliphatic heterocycles. The van der Waals surface area contributed by atoms with Gasteiger partial charge in [0.2, 0.25) is 0 Å². The Labute approximate surface area is 124 Å². The highest BCUT2D eigenvalue weighted by Gasteiger charge is 2.14. The third kappa shape index (κ3) is 3.11. The minimum absolute atomic E-state index is 0.925. The maximum absolute atomic E-state index is 4.59. The lowest BCUT2D eigenvalue weighted by Crippen LogP contribution is -2.43. The first-order chi connectivity index (χ1) is 9.74. The lowest BCUT2D eigenvalue weighted by molar-refractivity contribution is 0.148. The van der Waals surface area contributed by atoms with Crippen molar-refractivity contribution >= 4 is 26.7 Å². The van der Waals surface area contributed by atoms with E-state index in [2.05, 4.69) is 52.3 Å². The van der Waals surface area contributed by atoms with E-state index in [-0.39, 0.29) is 0 Å². The molecule has 0 saturated carbocycles. The fraction of sp³-hybridized carbons (Fsp3) is 0.533. The van der Waals surface area contributed by atoms with E-state index >= 15 is 0 Å². The number of aromatic nitrogens is 1. The zero-order valence-corrected chi connectivity index (χ0v) is 13.0. The van der Waals surface area contributed by atoms with Crippen molar-refractivity contribution in [3.63, 3.8) is 0 Å². The maximum Gasteiger partial charge on any atom is 0.183 e. The number of likely N-dealkylation sites (N-methyl/N-ethyl adjacent to an activating group) is 1. The highest BCUT2D eigenvalue weighted by molar-refractivity contribution is 7.22. The first kappa shape index (κ1) is 13.8. The Morgan fingerprint density at radius 3 is 2.80 bits per heavy atom. The minimum atomic E-state index is 0.925. The molecule has 5 heteroatoms. The average molecular weight is 290 g/mol. The maximum atomic E-state index is 4.59. The zero-order chi connectivity index (χ0) is 13.9. The molecule has 0 bridgehead atoms. The summed E-state index contributed by atoms with van der Waals surface area (Å²) in [6.45, 7) is 8.76. The topological polar surface area (TPSA) is 31.4 Å². The van der Waals surface area contributed by atoms with Gasteiger partial charge in [-0.3, -0.25) is 4.90 Å². The molecule has 1 aromatic carbocycles. The summed E-state index contributed by atoms with van der Waals surface area (Å²) < 4.78 is 1.28. The summed E-state index contributed by atoms with van der Waals surface area (Å²) in [7, 11) is 2.20. The standard InChI is InChI=1S/C15H22N4S/c1-3-16-15-17-13-5-4-12(10-14(13)20-15)11-19-8-6-18(2)7-9-19/h4-5,10H,3,6-9,11H2,1-2H3,(H,16,17). The van der Waals surface area contributed by atoms with Gasteiger partial charge in [-0.2, -0.15) is 0 Å². The van der Waals surface area contributed by atoms with Gasteiger partial charge in [0.25, 0.3) is 0 Å².